The molecule has 0 aromatic carbocycles. The van der Waals surface area contributed by atoms with Gasteiger partial charge in [0.2, 0.25) is 0 Å². The Hall–Kier alpha value is -0.480. The van der Waals surface area contributed by atoms with Crippen molar-refractivity contribution >= 4 is 7.82 Å². The first kappa shape index (κ1) is 15.5. The zero-order chi connectivity index (χ0) is 12.3. The van der Waals surface area contributed by atoms with Crippen LogP contribution in [0.3, 0.4) is 0 Å². The average Bonchev–Trinajstić information content (AvgIpc) is 2.23. The first-order valence-electron chi connectivity index (χ1n) is 4.93. The Balaban J connectivity index is 3.43. The minimum absolute atomic E-state index is 0.0573. The molecular weight excluding hydrogens is 235 g/mol. The Labute approximate surface area is 94.7 Å². The van der Waals surface area contributed by atoms with Gasteiger partial charge in [-0.05, 0) is 19.3 Å². The van der Waals surface area contributed by atoms with Crippen molar-refractivity contribution in [2.24, 2.45) is 5.90 Å². The van der Waals surface area contributed by atoms with Gasteiger partial charge in [0.25, 0.3) is 0 Å². The van der Waals surface area contributed by atoms with Crippen LogP contribution in [0.25, 0.3) is 0 Å². The van der Waals surface area contributed by atoms with E-state index in [1.165, 1.54) is 0 Å². The fraction of sp³-hybridized carbons (Fsp3) is 0.875. The highest BCUT2D eigenvalue weighted by Crippen LogP contribution is 2.43. The monoisotopic (exact) mass is 252 g/mol. The van der Waals surface area contributed by atoms with E-state index in [2.05, 4.69) is 13.9 Å². The van der Waals surface area contributed by atoms with Gasteiger partial charge in [-0.25, -0.2) is 10.5 Å². The Morgan fingerprint density at radius 2 is 1.81 bits per heavy atom. The second-order valence-electron chi connectivity index (χ2n) is 2.97. The normalized spacial score (nSPS) is 14.3. The number of phosphoric acid groups is 1. The Bertz CT molecular complexity index is 255. The van der Waals surface area contributed by atoms with E-state index in [0.717, 1.165) is 12.8 Å². The second kappa shape index (κ2) is 9.73. The van der Waals surface area contributed by atoms with E-state index in [1.807, 2.05) is 0 Å². The average molecular weight is 252 g/mol. The van der Waals surface area contributed by atoms with E-state index in [0.29, 0.717) is 13.0 Å². The molecule has 0 aliphatic rings. The smallest absolute Gasteiger partial charge is 0.305 e. The van der Waals surface area contributed by atoms with Crippen molar-refractivity contribution < 1.29 is 23.3 Å². The number of hydrogen-bond acceptors (Lipinski definition) is 6. The van der Waals surface area contributed by atoms with Crippen LogP contribution in [-0.2, 0) is 18.5 Å². The molecule has 0 amide bonds. The number of hydrogen-bond donors (Lipinski definition) is 2. The molecule has 8 heteroatoms. The van der Waals surface area contributed by atoms with Gasteiger partial charge in [-0.15, -0.1) is 0 Å². The summed E-state index contributed by atoms with van der Waals surface area (Å²) < 4.78 is 20.3. The Morgan fingerprint density at radius 1 is 1.19 bits per heavy atom. The van der Waals surface area contributed by atoms with Crippen LogP contribution in [0.1, 0.15) is 25.7 Å². The maximum Gasteiger partial charge on any atom is 0.472 e. The molecule has 0 rings (SSSR count). The number of nitrogens with zero attached hydrogens (tertiary/aromatic N) is 1. The number of phosphoric ester groups is 1. The summed E-state index contributed by atoms with van der Waals surface area (Å²) in [6.45, 7) is 0.478. The van der Waals surface area contributed by atoms with Gasteiger partial charge in [-0.1, -0.05) is 0 Å². The Morgan fingerprint density at radius 3 is 2.44 bits per heavy atom. The highest BCUT2D eigenvalue weighted by atomic mass is 31.2. The summed E-state index contributed by atoms with van der Waals surface area (Å²) in [5.74, 6) is 4.82. The van der Waals surface area contributed by atoms with Crippen LogP contribution in [-0.4, -0.2) is 24.7 Å². The van der Waals surface area contributed by atoms with Crippen molar-refractivity contribution in [2.45, 2.75) is 25.7 Å². The van der Waals surface area contributed by atoms with Gasteiger partial charge >= 0.3 is 7.82 Å². The summed E-state index contributed by atoms with van der Waals surface area (Å²) in [4.78, 5) is 13.5. The van der Waals surface area contributed by atoms with E-state index < -0.39 is 7.82 Å². The fourth-order valence-electron chi connectivity index (χ4n) is 0.888. The highest BCUT2D eigenvalue weighted by molar-refractivity contribution is 7.47. The number of unbranched alkanes of at least 4 members (excludes halogenated alkanes) is 2. The van der Waals surface area contributed by atoms with Gasteiger partial charge in [0, 0.05) is 0 Å². The standard InChI is InChI=1S/C8H17N2O5P/c9-5-4-8-15-16(11,12)14-7-3-1-2-6-13-10/h1-4,6-8,10H2,(H,11,12). The molecule has 0 bridgehead atoms. The maximum absolute atomic E-state index is 11.1. The van der Waals surface area contributed by atoms with Crippen LogP contribution in [0.4, 0.5) is 0 Å². The highest BCUT2D eigenvalue weighted by Gasteiger charge is 2.19. The lowest BCUT2D eigenvalue weighted by molar-refractivity contribution is 0.128. The lowest BCUT2D eigenvalue weighted by Crippen LogP contribution is -2.02. The number of nitriles is 1. The zero-order valence-electron chi connectivity index (χ0n) is 9.00. The van der Waals surface area contributed by atoms with Crippen molar-refractivity contribution in [3.63, 3.8) is 0 Å². The molecule has 0 radical (unpaired) electrons. The van der Waals surface area contributed by atoms with Crippen molar-refractivity contribution in [3.8, 4) is 6.07 Å². The van der Waals surface area contributed by atoms with E-state index >= 15 is 0 Å². The SMILES string of the molecule is N#CCCOP(=O)(O)OCCCCCON. The molecule has 0 fully saturated rings. The molecule has 0 saturated carbocycles. The molecule has 0 aromatic rings. The van der Waals surface area contributed by atoms with Crippen LogP contribution in [0.15, 0.2) is 0 Å². The summed E-state index contributed by atoms with van der Waals surface area (Å²) >= 11 is 0. The molecule has 0 aromatic heterocycles. The van der Waals surface area contributed by atoms with E-state index in [9.17, 15) is 4.57 Å². The van der Waals surface area contributed by atoms with Crippen LogP contribution < -0.4 is 5.90 Å². The van der Waals surface area contributed by atoms with E-state index in [-0.39, 0.29) is 19.6 Å². The molecule has 1 atom stereocenters. The van der Waals surface area contributed by atoms with Gasteiger partial charge in [-0.3, -0.25) is 9.05 Å². The Kier molecular flexibility index (Phi) is 9.43. The predicted octanol–water partition coefficient (Wildman–Crippen LogP) is 1.09. The molecule has 0 aliphatic heterocycles. The van der Waals surface area contributed by atoms with Crippen molar-refractivity contribution in [3.05, 3.63) is 0 Å². The molecule has 0 heterocycles. The first-order valence-corrected chi connectivity index (χ1v) is 6.42. The number of rotatable bonds is 10. The van der Waals surface area contributed by atoms with Gasteiger partial charge in [0.15, 0.2) is 0 Å². The molecule has 0 spiro atoms. The number of nitrogens with two attached hydrogens (primary N) is 1. The molecular formula is C8H17N2O5P. The lowest BCUT2D eigenvalue weighted by Gasteiger charge is -2.10. The largest absolute Gasteiger partial charge is 0.472 e. The van der Waals surface area contributed by atoms with Gasteiger partial charge in [0.05, 0.1) is 32.3 Å². The van der Waals surface area contributed by atoms with E-state index in [1.54, 1.807) is 6.07 Å². The predicted molar refractivity (Wildman–Crippen MR) is 55.9 cm³/mol. The lowest BCUT2D eigenvalue weighted by atomic mass is 10.2. The van der Waals surface area contributed by atoms with Crippen molar-refractivity contribution in [1.29, 1.82) is 5.26 Å². The quantitative estimate of drug-likeness (QED) is 0.339. The minimum Gasteiger partial charge on any atom is -0.305 e. The minimum atomic E-state index is -3.98. The van der Waals surface area contributed by atoms with Crippen LogP contribution in [0, 0.1) is 11.3 Å². The third-order valence-corrected chi connectivity index (χ3v) is 2.65. The topological polar surface area (TPSA) is 115 Å². The van der Waals surface area contributed by atoms with Crippen molar-refractivity contribution in [1.82, 2.24) is 0 Å². The third kappa shape index (κ3) is 10.1. The summed E-state index contributed by atoms with van der Waals surface area (Å²) in [7, 11) is -3.98. The molecule has 7 nitrogen and oxygen atoms in total. The van der Waals surface area contributed by atoms with Crippen LogP contribution >= 0.6 is 7.82 Å². The zero-order valence-corrected chi connectivity index (χ0v) is 9.90. The third-order valence-electron chi connectivity index (χ3n) is 1.63. The van der Waals surface area contributed by atoms with E-state index in [4.69, 9.17) is 16.1 Å². The first-order chi connectivity index (χ1) is 7.62. The molecule has 94 valence electrons. The van der Waals surface area contributed by atoms with Gasteiger partial charge in [-0.2, -0.15) is 5.26 Å². The molecule has 3 N–H and O–H groups in total. The van der Waals surface area contributed by atoms with Gasteiger partial charge in [0.1, 0.15) is 0 Å². The molecule has 1 unspecified atom stereocenters. The maximum atomic E-state index is 11.1. The summed E-state index contributed by atoms with van der Waals surface area (Å²) in [5.41, 5.74) is 0. The molecule has 0 aliphatic carbocycles. The fourth-order valence-corrected chi connectivity index (χ4v) is 1.64. The van der Waals surface area contributed by atoms with Gasteiger partial charge < -0.3 is 9.73 Å². The summed E-state index contributed by atoms with van der Waals surface area (Å²) in [6.07, 6.45) is 2.23. The van der Waals surface area contributed by atoms with Crippen molar-refractivity contribution in [2.75, 3.05) is 19.8 Å². The summed E-state index contributed by atoms with van der Waals surface area (Å²) in [6, 6.07) is 1.79. The summed E-state index contributed by atoms with van der Waals surface area (Å²) in [5, 5.41) is 8.20. The van der Waals surface area contributed by atoms with Crippen LogP contribution in [0.2, 0.25) is 0 Å². The van der Waals surface area contributed by atoms with Crippen LogP contribution in [0.5, 0.6) is 0 Å². The second-order valence-corrected chi connectivity index (χ2v) is 4.43. The molecule has 16 heavy (non-hydrogen) atoms. The molecule has 0 saturated heterocycles.